The van der Waals surface area contributed by atoms with E-state index in [0.717, 1.165) is 29.5 Å². The van der Waals surface area contributed by atoms with Crippen LogP contribution in [-0.2, 0) is 16.1 Å². The molecule has 0 saturated heterocycles. The van der Waals surface area contributed by atoms with Crippen molar-refractivity contribution in [1.29, 1.82) is 5.41 Å². The van der Waals surface area contributed by atoms with Crippen LogP contribution in [0.25, 0.3) is 11.1 Å². The molecule has 0 saturated carbocycles. The Hall–Kier alpha value is -3.15. The van der Waals surface area contributed by atoms with E-state index >= 15 is 0 Å². The van der Waals surface area contributed by atoms with Gasteiger partial charge in [-0.05, 0) is 29.0 Å². The van der Waals surface area contributed by atoms with Crippen LogP contribution in [0, 0.1) is 11.3 Å². The van der Waals surface area contributed by atoms with Gasteiger partial charge in [-0.1, -0.05) is 75.7 Å². The van der Waals surface area contributed by atoms with E-state index in [1.54, 1.807) is 6.07 Å². The fourth-order valence-corrected chi connectivity index (χ4v) is 3.55. The first-order chi connectivity index (χ1) is 14.3. The van der Waals surface area contributed by atoms with Crippen molar-refractivity contribution in [3.63, 3.8) is 0 Å². The number of carboxylic acid groups (broad SMARTS) is 1. The van der Waals surface area contributed by atoms with Gasteiger partial charge in [-0.2, -0.15) is 0 Å². The van der Waals surface area contributed by atoms with Crippen molar-refractivity contribution in [3.8, 4) is 11.1 Å². The zero-order valence-electron chi connectivity index (χ0n) is 17.9. The van der Waals surface area contributed by atoms with Crippen molar-refractivity contribution in [2.75, 3.05) is 0 Å². The zero-order valence-corrected chi connectivity index (χ0v) is 17.9. The second-order valence-corrected chi connectivity index (χ2v) is 7.81. The van der Waals surface area contributed by atoms with Crippen LogP contribution >= 0.6 is 0 Å². The molecule has 0 radical (unpaired) electrons. The van der Waals surface area contributed by atoms with Crippen LogP contribution < -0.4 is 5.73 Å². The molecule has 0 bridgehead atoms. The van der Waals surface area contributed by atoms with E-state index in [2.05, 4.69) is 0 Å². The first-order valence-electron chi connectivity index (χ1n) is 10.3. The molecular weight excluding hydrogens is 378 g/mol. The number of benzene rings is 2. The smallest absolute Gasteiger partial charge is 0.326 e. The number of carbonyl (C=O) groups excluding carboxylic acids is 1. The molecule has 0 spiro atoms. The third-order valence-corrected chi connectivity index (χ3v) is 5.12. The minimum absolute atomic E-state index is 0.00334. The van der Waals surface area contributed by atoms with E-state index < -0.39 is 12.0 Å². The molecule has 0 unspecified atom stereocenters. The Kier molecular flexibility index (Phi) is 8.16. The molecule has 6 heteroatoms. The van der Waals surface area contributed by atoms with E-state index in [0.29, 0.717) is 12.0 Å². The second-order valence-electron chi connectivity index (χ2n) is 7.81. The number of amides is 1. The molecule has 0 heterocycles. The number of nitrogens with two attached hydrogens (primary N) is 1. The predicted octanol–water partition coefficient (Wildman–Crippen LogP) is 4.27. The molecule has 0 aliphatic carbocycles. The van der Waals surface area contributed by atoms with Crippen molar-refractivity contribution < 1.29 is 14.7 Å². The molecule has 4 N–H and O–H groups in total. The van der Waals surface area contributed by atoms with Gasteiger partial charge in [0.15, 0.2) is 0 Å². The van der Waals surface area contributed by atoms with E-state index in [4.69, 9.17) is 11.1 Å². The summed E-state index contributed by atoms with van der Waals surface area (Å²) in [5, 5.41) is 17.5. The zero-order chi connectivity index (χ0) is 22.3. The third-order valence-electron chi connectivity index (χ3n) is 5.12. The van der Waals surface area contributed by atoms with Crippen LogP contribution in [-0.4, -0.2) is 33.8 Å². The summed E-state index contributed by atoms with van der Waals surface area (Å²) >= 11 is 0. The number of hydrogen-bond donors (Lipinski definition) is 3. The molecule has 0 aliphatic rings. The SMILES string of the molecule is CCCCC(=O)N(Cc1ccc(-c2ccccc2C(=N)N)cc1)[C@H](C(=O)O)C(C)C. The Balaban J connectivity index is 2.31. The van der Waals surface area contributed by atoms with Crippen LogP contribution in [0.15, 0.2) is 48.5 Å². The molecular formula is C24H31N3O3. The lowest BCUT2D eigenvalue weighted by Gasteiger charge is -2.32. The van der Waals surface area contributed by atoms with Crippen molar-refractivity contribution in [2.45, 2.75) is 52.6 Å². The fraction of sp³-hybridized carbons (Fsp3) is 0.375. The normalized spacial score (nSPS) is 11.9. The fourth-order valence-electron chi connectivity index (χ4n) is 3.55. The summed E-state index contributed by atoms with van der Waals surface area (Å²) < 4.78 is 0. The number of nitrogens with one attached hydrogen (secondary N) is 1. The molecule has 2 aromatic carbocycles. The van der Waals surface area contributed by atoms with E-state index in [9.17, 15) is 14.7 Å². The molecule has 1 amide bonds. The summed E-state index contributed by atoms with van der Waals surface area (Å²) in [5.74, 6) is -1.32. The highest BCUT2D eigenvalue weighted by Gasteiger charge is 2.32. The molecule has 0 aliphatic heterocycles. The van der Waals surface area contributed by atoms with Gasteiger partial charge in [-0.3, -0.25) is 10.2 Å². The molecule has 1 atom stereocenters. The second kappa shape index (κ2) is 10.6. The van der Waals surface area contributed by atoms with Crippen molar-refractivity contribution in [1.82, 2.24) is 4.90 Å². The summed E-state index contributed by atoms with van der Waals surface area (Å²) in [7, 11) is 0. The Morgan fingerprint density at radius 1 is 1.10 bits per heavy atom. The lowest BCUT2D eigenvalue weighted by molar-refractivity contribution is -0.153. The maximum atomic E-state index is 12.8. The summed E-state index contributed by atoms with van der Waals surface area (Å²) in [4.78, 5) is 26.1. The Bertz CT molecular complexity index is 891. The van der Waals surface area contributed by atoms with E-state index in [-0.39, 0.29) is 24.2 Å². The number of amidine groups is 1. The van der Waals surface area contributed by atoms with Gasteiger partial charge in [-0.15, -0.1) is 0 Å². The molecule has 160 valence electrons. The van der Waals surface area contributed by atoms with Crippen LogP contribution in [0.5, 0.6) is 0 Å². The number of rotatable bonds is 10. The Labute approximate surface area is 178 Å². The van der Waals surface area contributed by atoms with Crippen LogP contribution in [0.4, 0.5) is 0 Å². The van der Waals surface area contributed by atoms with Gasteiger partial charge in [0.1, 0.15) is 11.9 Å². The monoisotopic (exact) mass is 409 g/mol. The first-order valence-corrected chi connectivity index (χ1v) is 10.3. The minimum atomic E-state index is -0.984. The van der Waals surface area contributed by atoms with Gasteiger partial charge in [-0.25, -0.2) is 4.79 Å². The molecule has 30 heavy (non-hydrogen) atoms. The summed E-state index contributed by atoms with van der Waals surface area (Å²) in [5.41, 5.74) is 8.98. The van der Waals surface area contributed by atoms with Crippen molar-refractivity contribution in [2.24, 2.45) is 11.7 Å². The Morgan fingerprint density at radius 2 is 1.73 bits per heavy atom. The Morgan fingerprint density at radius 3 is 2.27 bits per heavy atom. The van der Waals surface area contributed by atoms with Crippen molar-refractivity contribution in [3.05, 3.63) is 59.7 Å². The average molecular weight is 410 g/mol. The highest BCUT2D eigenvalue weighted by atomic mass is 16.4. The van der Waals surface area contributed by atoms with Crippen LogP contribution in [0.3, 0.4) is 0 Å². The molecule has 0 aromatic heterocycles. The number of nitrogens with zero attached hydrogens (tertiary/aromatic N) is 1. The van der Waals surface area contributed by atoms with Crippen molar-refractivity contribution >= 4 is 17.7 Å². The number of aliphatic carboxylic acids is 1. The van der Waals surface area contributed by atoms with Gasteiger partial charge < -0.3 is 15.7 Å². The van der Waals surface area contributed by atoms with Gasteiger partial charge in [0.05, 0.1) is 0 Å². The molecule has 2 rings (SSSR count). The molecule has 2 aromatic rings. The van der Waals surface area contributed by atoms with Crippen LogP contribution in [0.2, 0.25) is 0 Å². The number of hydrogen-bond acceptors (Lipinski definition) is 3. The maximum absolute atomic E-state index is 12.8. The largest absolute Gasteiger partial charge is 0.480 e. The summed E-state index contributed by atoms with van der Waals surface area (Å²) in [6, 6.07) is 14.2. The highest BCUT2D eigenvalue weighted by molar-refractivity contribution is 6.01. The van der Waals surface area contributed by atoms with Gasteiger partial charge in [0, 0.05) is 18.5 Å². The van der Waals surface area contributed by atoms with Gasteiger partial charge >= 0.3 is 5.97 Å². The van der Waals surface area contributed by atoms with E-state index in [1.165, 1.54) is 4.90 Å². The minimum Gasteiger partial charge on any atom is -0.480 e. The van der Waals surface area contributed by atoms with E-state index in [1.807, 2.05) is 63.2 Å². The molecule has 0 fully saturated rings. The topological polar surface area (TPSA) is 107 Å². The standard InChI is InChI=1S/C24H31N3O3/c1-4-5-10-21(28)27(22(16(2)3)24(29)30)15-17-11-13-18(14-12-17)19-8-6-7-9-20(19)23(25)26/h6-9,11-14,16,22H,4-5,10,15H2,1-3H3,(H3,25,26)(H,29,30)/t22-/m0/s1. The summed E-state index contributed by atoms with van der Waals surface area (Å²) in [6.45, 7) is 5.89. The number of unbranched alkanes of at least 4 members (excludes halogenated alkanes) is 1. The predicted molar refractivity (Wildman–Crippen MR) is 119 cm³/mol. The highest BCUT2D eigenvalue weighted by Crippen LogP contribution is 2.25. The van der Waals surface area contributed by atoms with Crippen LogP contribution in [0.1, 0.15) is 51.2 Å². The van der Waals surface area contributed by atoms with Gasteiger partial charge in [0.2, 0.25) is 5.91 Å². The molecule has 6 nitrogen and oxygen atoms in total. The number of carboxylic acids is 1. The first kappa shape index (κ1) is 23.1. The number of nitrogen functional groups attached to an aromatic ring is 1. The lowest BCUT2D eigenvalue weighted by Crippen LogP contribution is -2.47. The summed E-state index contributed by atoms with van der Waals surface area (Å²) in [6.07, 6.45) is 1.96. The average Bonchev–Trinajstić information content (AvgIpc) is 2.71. The lowest BCUT2D eigenvalue weighted by atomic mass is 9.97. The third kappa shape index (κ3) is 5.69. The number of carbonyl (C=O) groups is 2. The quantitative estimate of drug-likeness (QED) is 0.402. The maximum Gasteiger partial charge on any atom is 0.326 e. The van der Waals surface area contributed by atoms with Gasteiger partial charge in [0.25, 0.3) is 0 Å².